The fraction of sp³-hybridized carbons (Fsp3) is 0.500. The van der Waals surface area contributed by atoms with E-state index in [0.29, 0.717) is 25.2 Å². The third-order valence-electron chi connectivity index (χ3n) is 5.89. The minimum absolute atomic E-state index is 0.0731. The van der Waals surface area contributed by atoms with Crippen LogP contribution in [0.25, 0.3) is 0 Å². The molecule has 1 aromatic carbocycles. The Kier molecular flexibility index (Phi) is 11.5. The third kappa shape index (κ3) is 10.9. The molecular weight excluding hydrogens is 574 g/mol. The normalized spacial score (nSPS) is 17.7. The van der Waals surface area contributed by atoms with Gasteiger partial charge in [0.2, 0.25) is 0 Å². The molecule has 15 heteroatoms. The Labute approximate surface area is 246 Å². The smallest absolute Gasteiger partial charge is 0.421 e. The summed E-state index contributed by atoms with van der Waals surface area (Å²) in [4.78, 5) is 39.3. The van der Waals surface area contributed by atoms with Gasteiger partial charge in [-0.2, -0.15) is 5.43 Å². The number of nitro groups is 1. The van der Waals surface area contributed by atoms with E-state index in [1.807, 2.05) is 6.92 Å². The summed E-state index contributed by atoms with van der Waals surface area (Å²) in [6.07, 6.45) is 1.23. The highest BCUT2D eigenvalue weighted by atomic mass is 33.1. The van der Waals surface area contributed by atoms with E-state index >= 15 is 0 Å². The first-order chi connectivity index (χ1) is 19.4. The number of amides is 2. The van der Waals surface area contributed by atoms with Crippen molar-refractivity contribution in [2.24, 2.45) is 5.92 Å². The zero-order chi connectivity index (χ0) is 30.0. The van der Waals surface area contributed by atoms with Crippen LogP contribution in [0.2, 0.25) is 0 Å². The molecule has 0 saturated carbocycles. The van der Waals surface area contributed by atoms with Crippen molar-refractivity contribution in [2.75, 3.05) is 19.0 Å². The molecule has 3 atom stereocenters. The van der Waals surface area contributed by atoms with E-state index < -0.39 is 28.4 Å². The minimum Gasteiger partial charge on any atom is -0.508 e. The molecule has 1 unspecified atom stereocenters. The summed E-state index contributed by atoms with van der Waals surface area (Å²) in [5, 5.41) is 23.9. The zero-order valence-electron chi connectivity index (χ0n) is 23.2. The maximum atomic E-state index is 12.5. The largest absolute Gasteiger partial charge is 0.508 e. The van der Waals surface area contributed by atoms with Gasteiger partial charge in [0.15, 0.2) is 10.8 Å². The van der Waals surface area contributed by atoms with Gasteiger partial charge in [-0.1, -0.05) is 29.9 Å². The molecule has 0 radical (unpaired) electrons. The van der Waals surface area contributed by atoms with Gasteiger partial charge in [0.25, 0.3) is 0 Å². The second-order valence-electron chi connectivity index (χ2n) is 10.4. The zero-order valence-corrected chi connectivity index (χ0v) is 24.9. The number of aromatic nitrogens is 1. The Bertz CT molecular complexity index is 1190. The van der Waals surface area contributed by atoms with Crippen LogP contribution in [0.1, 0.15) is 39.7 Å². The molecule has 41 heavy (non-hydrogen) atoms. The molecule has 1 fully saturated rings. The quantitative estimate of drug-likeness (QED) is 0.0773. The van der Waals surface area contributed by atoms with Crippen molar-refractivity contribution in [1.29, 1.82) is 0 Å². The summed E-state index contributed by atoms with van der Waals surface area (Å²) < 4.78 is 16.3. The van der Waals surface area contributed by atoms with E-state index in [1.165, 1.54) is 29.1 Å². The Hall–Kier alpha value is -3.27. The van der Waals surface area contributed by atoms with Crippen molar-refractivity contribution in [1.82, 2.24) is 21.2 Å². The van der Waals surface area contributed by atoms with Crippen molar-refractivity contribution in [2.45, 2.75) is 62.9 Å². The monoisotopic (exact) mass is 609 g/mol. The molecule has 1 saturated heterocycles. The number of aromatic hydroxyl groups is 1. The van der Waals surface area contributed by atoms with E-state index in [-0.39, 0.29) is 35.0 Å². The van der Waals surface area contributed by atoms with Crippen molar-refractivity contribution in [3.63, 3.8) is 0 Å². The molecule has 0 spiro atoms. The number of phenols is 1. The summed E-state index contributed by atoms with van der Waals surface area (Å²) >= 11 is 0. The lowest BCUT2D eigenvalue weighted by atomic mass is 9.91. The molecule has 1 aliphatic rings. The molecule has 2 heterocycles. The number of rotatable bonds is 14. The van der Waals surface area contributed by atoms with Crippen LogP contribution in [-0.4, -0.2) is 63.5 Å². The first-order valence-corrected chi connectivity index (χ1v) is 15.2. The fourth-order valence-corrected chi connectivity index (χ4v) is 5.66. The number of hydrogen-bond donors (Lipinski definition) is 4. The Morgan fingerprint density at radius 1 is 1.24 bits per heavy atom. The summed E-state index contributed by atoms with van der Waals surface area (Å²) in [5.74, 6) is 0.404. The lowest BCUT2D eigenvalue weighted by Gasteiger charge is -2.28. The predicted molar refractivity (Wildman–Crippen MR) is 154 cm³/mol. The first-order valence-electron chi connectivity index (χ1n) is 12.9. The van der Waals surface area contributed by atoms with E-state index in [2.05, 4.69) is 21.2 Å². The molecule has 2 amide bonds. The Morgan fingerprint density at radius 2 is 1.95 bits per heavy atom. The SMILES string of the molecule is C[C@@H](C[C@H](Cc1ccc(O)cc1)NC(=O)OC(C)(C)C)C1(NNC(=O)OCCSSc2ncccc2[N+](=O)[O-])CO1. The maximum Gasteiger partial charge on any atom is 0.421 e. The predicted octanol–water partition coefficient (Wildman–Crippen LogP) is 4.56. The van der Waals surface area contributed by atoms with Gasteiger partial charge >= 0.3 is 17.9 Å². The first kappa shape index (κ1) is 32.2. The van der Waals surface area contributed by atoms with Crippen molar-refractivity contribution >= 4 is 39.5 Å². The molecule has 2 aromatic rings. The topological polar surface area (TPSA) is 177 Å². The van der Waals surface area contributed by atoms with E-state index in [4.69, 9.17) is 14.2 Å². The lowest BCUT2D eigenvalue weighted by Crippen LogP contribution is -2.52. The minimum atomic E-state index is -0.829. The molecule has 224 valence electrons. The Balaban J connectivity index is 1.46. The summed E-state index contributed by atoms with van der Waals surface area (Å²) in [6, 6.07) is 9.32. The molecule has 1 aromatic heterocycles. The lowest BCUT2D eigenvalue weighted by molar-refractivity contribution is -0.388. The van der Waals surface area contributed by atoms with E-state index in [9.17, 15) is 24.8 Å². The standard InChI is InChI=1S/C26H35N5O8S2/c1-17(14-19(28-23(33)39-25(2,3)4)15-18-7-9-20(32)10-8-18)26(16-38-26)30-29-24(34)37-12-13-40-41-22-21(31(35)36)6-5-11-27-22/h5-11,17,19,30,32H,12-16H2,1-4H3,(H,28,33)(H,29,34)/t17-,19+,26?/m0/s1. The fourth-order valence-electron chi connectivity index (χ4n) is 3.80. The van der Waals surface area contributed by atoms with Crippen LogP contribution in [0.5, 0.6) is 5.75 Å². The van der Waals surface area contributed by atoms with Gasteiger partial charge in [-0.3, -0.25) is 15.5 Å². The number of hydrogen-bond acceptors (Lipinski definition) is 12. The Morgan fingerprint density at radius 3 is 2.59 bits per heavy atom. The van der Waals surface area contributed by atoms with Crippen molar-refractivity contribution < 1.29 is 33.8 Å². The summed E-state index contributed by atoms with van der Waals surface area (Å²) in [5.41, 5.74) is 4.77. The van der Waals surface area contributed by atoms with Gasteiger partial charge in [-0.25, -0.2) is 14.6 Å². The number of pyridine rings is 1. The van der Waals surface area contributed by atoms with E-state index in [0.717, 1.165) is 16.4 Å². The van der Waals surface area contributed by atoms with Gasteiger partial charge < -0.3 is 24.6 Å². The number of carbonyl (C=O) groups is 2. The number of epoxide rings is 1. The highest BCUT2D eigenvalue weighted by Crippen LogP contribution is 2.36. The van der Waals surface area contributed by atoms with Crippen LogP contribution in [0.15, 0.2) is 47.6 Å². The molecule has 13 nitrogen and oxygen atoms in total. The highest BCUT2D eigenvalue weighted by Gasteiger charge is 2.50. The molecule has 0 aliphatic carbocycles. The van der Waals surface area contributed by atoms with Crippen molar-refractivity contribution in [3.8, 4) is 5.75 Å². The molecule has 1 aliphatic heterocycles. The van der Waals surface area contributed by atoms with Gasteiger partial charge in [0, 0.05) is 30.0 Å². The summed E-state index contributed by atoms with van der Waals surface area (Å²) in [7, 11) is 2.42. The number of benzene rings is 1. The number of nitrogens with one attached hydrogen (secondary N) is 3. The number of alkyl carbamates (subject to hydrolysis) is 1. The summed E-state index contributed by atoms with van der Waals surface area (Å²) in [6.45, 7) is 7.73. The average Bonchev–Trinajstić information content (AvgIpc) is 3.69. The number of ether oxygens (including phenoxy) is 3. The van der Waals surface area contributed by atoms with Gasteiger partial charge in [0.05, 0.1) is 11.5 Å². The van der Waals surface area contributed by atoms with Crippen LogP contribution in [0, 0.1) is 16.0 Å². The number of phenolic OH excluding ortho intramolecular Hbond substituents is 1. The maximum absolute atomic E-state index is 12.5. The number of carbonyl (C=O) groups excluding carboxylic acids is 2. The van der Waals surface area contributed by atoms with Gasteiger partial charge in [-0.05, 0) is 68.2 Å². The van der Waals surface area contributed by atoms with E-state index in [1.54, 1.807) is 45.0 Å². The third-order valence-corrected chi connectivity index (χ3v) is 8.14. The molecule has 0 bridgehead atoms. The van der Waals surface area contributed by atoms with Crippen LogP contribution in [-0.2, 0) is 20.6 Å². The second-order valence-corrected chi connectivity index (χ2v) is 12.8. The van der Waals surface area contributed by atoms with Crippen LogP contribution in [0.4, 0.5) is 15.3 Å². The van der Waals surface area contributed by atoms with Crippen LogP contribution < -0.4 is 16.2 Å². The molecule has 4 N–H and O–H groups in total. The van der Waals surface area contributed by atoms with Crippen molar-refractivity contribution in [3.05, 3.63) is 58.3 Å². The molecular formula is C26H35N5O8S2. The highest BCUT2D eigenvalue weighted by molar-refractivity contribution is 8.76. The van der Waals surface area contributed by atoms with Crippen LogP contribution in [0.3, 0.4) is 0 Å². The second kappa shape index (κ2) is 14.6. The molecule has 3 rings (SSSR count). The van der Waals surface area contributed by atoms with Gasteiger partial charge in [-0.15, -0.1) is 0 Å². The average molecular weight is 610 g/mol. The number of hydrazine groups is 1. The number of nitrogens with zero attached hydrogens (tertiary/aromatic N) is 2. The van der Waals surface area contributed by atoms with Gasteiger partial charge in [0.1, 0.15) is 18.0 Å². The van der Waals surface area contributed by atoms with Crippen LogP contribution >= 0.6 is 21.6 Å².